The molecule has 0 atom stereocenters. The van der Waals surface area contributed by atoms with Crippen molar-refractivity contribution in [2.75, 3.05) is 6.61 Å². The van der Waals surface area contributed by atoms with Gasteiger partial charge in [0.1, 0.15) is 0 Å². The minimum Gasteiger partial charge on any atom is -0.490 e. The molecule has 0 spiro atoms. The molecule has 0 heterocycles. The molecule has 0 radical (unpaired) electrons. The predicted molar refractivity (Wildman–Crippen MR) is 95.7 cm³/mol. The maximum absolute atomic E-state index is 6.11. The Balaban J connectivity index is 2.21. The molecule has 2 rings (SSSR count). The Morgan fingerprint density at radius 2 is 2.23 bits per heavy atom. The van der Waals surface area contributed by atoms with Crippen molar-refractivity contribution in [2.45, 2.75) is 38.7 Å². The molecule has 5 nitrogen and oxygen atoms in total. The normalized spacial score (nSPS) is 15.2. The lowest BCUT2D eigenvalue weighted by molar-refractivity contribution is 0.195. The molecular weight excluding hydrogens is 366 g/mol. The molecule has 0 bridgehead atoms. The Labute approximate surface area is 144 Å². The largest absolute Gasteiger partial charge is 0.490 e. The molecular formula is C15H20BrN3O2S. The summed E-state index contributed by atoms with van der Waals surface area (Å²) in [5, 5.41) is 4.08. The van der Waals surface area contributed by atoms with Gasteiger partial charge in [-0.15, -0.1) is 0 Å². The summed E-state index contributed by atoms with van der Waals surface area (Å²) in [5.74, 6) is 1.47. The van der Waals surface area contributed by atoms with Crippen molar-refractivity contribution >= 4 is 39.5 Å². The van der Waals surface area contributed by atoms with E-state index in [-0.39, 0.29) is 11.2 Å². The minimum absolute atomic E-state index is 0.126. The number of nitrogens with two attached hydrogens (primary N) is 1. The fraction of sp³-hybridized carbons (Fsp3) is 0.467. The molecule has 0 unspecified atom stereocenters. The van der Waals surface area contributed by atoms with Crippen LogP contribution in [0.15, 0.2) is 21.7 Å². The van der Waals surface area contributed by atoms with Crippen LogP contribution in [0, 0.1) is 0 Å². The Kier molecular flexibility index (Phi) is 6.45. The van der Waals surface area contributed by atoms with Crippen molar-refractivity contribution in [3.63, 3.8) is 0 Å². The minimum atomic E-state index is 0.126. The molecule has 0 amide bonds. The van der Waals surface area contributed by atoms with Crippen LogP contribution in [0.2, 0.25) is 0 Å². The number of ether oxygens (including phenoxy) is 2. The molecule has 1 aromatic rings. The van der Waals surface area contributed by atoms with Gasteiger partial charge in [0.25, 0.3) is 0 Å². The lowest BCUT2D eigenvalue weighted by atomic mass is 10.2. The highest BCUT2D eigenvalue weighted by Crippen LogP contribution is 2.39. The highest BCUT2D eigenvalue weighted by Gasteiger charge is 2.20. The van der Waals surface area contributed by atoms with E-state index in [9.17, 15) is 0 Å². The lowest BCUT2D eigenvalue weighted by Crippen LogP contribution is -2.24. The molecule has 1 aliphatic rings. The predicted octanol–water partition coefficient (Wildman–Crippen LogP) is 3.34. The average molecular weight is 386 g/mol. The van der Waals surface area contributed by atoms with E-state index < -0.39 is 0 Å². The molecule has 0 aromatic heterocycles. The summed E-state index contributed by atoms with van der Waals surface area (Å²) in [6.07, 6.45) is 6.54. The first kappa shape index (κ1) is 17.0. The summed E-state index contributed by atoms with van der Waals surface area (Å²) < 4.78 is 12.7. The van der Waals surface area contributed by atoms with Crippen LogP contribution in [0.25, 0.3) is 0 Å². The van der Waals surface area contributed by atoms with Gasteiger partial charge in [-0.05, 0) is 78.5 Å². The molecule has 1 saturated carbocycles. The lowest BCUT2D eigenvalue weighted by Gasteiger charge is -2.18. The average Bonchev–Trinajstić information content (AvgIpc) is 2.95. The van der Waals surface area contributed by atoms with E-state index in [0.717, 1.165) is 28.6 Å². The highest BCUT2D eigenvalue weighted by molar-refractivity contribution is 9.10. The van der Waals surface area contributed by atoms with Gasteiger partial charge in [-0.2, -0.15) is 5.10 Å². The summed E-state index contributed by atoms with van der Waals surface area (Å²) in [4.78, 5) is 0. The van der Waals surface area contributed by atoms with Crippen molar-refractivity contribution in [3.05, 3.63) is 22.2 Å². The second-order valence-electron chi connectivity index (χ2n) is 5.02. The van der Waals surface area contributed by atoms with Gasteiger partial charge in [0.15, 0.2) is 16.6 Å². The SMILES string of the molecule is CCOc1cc(C=NNC(N)=S)cc(Br)c1OC1CCCC1. The van der Waals surface area contributed by atoms with Crippen molar-refractivity contribution in [3.8, 4) is 11.5 Å². The molecule has 1 aromatic carbocycles. The van der Waals surface area contributed by atoms with E-state index in [4.69, 9.17) is 27.4 Å². The maximum Gasteiger partial charge on any atom is 0.184 e. The number of halogens is 1. The summed E-state index contributed by atoms with van der Waals surface area (Å²) >= 11 is 8.26. The zero-order valence-electron chi connectivity index (χ0n) is 12.5. The highest BCUT2D eigenvalue weighted by atomic mass is 79.9. The maximum atomic E-state index is 6.11. The van der Waals surface area contributed by atoms with Gasteiger partial charge < -0.3 is 15.2 Å². The molecule has 3 N–H and O–H groups in total. The van der Waals surface area contributed by atoms with E-state index in [1.165, 1.54) is 12.8 Å². The first-order valence-electron chi connectivity index (χ1n) is 7.31. The van der Waals surface area contributed by atoms with Crippen molar-refractivity contribution in [2.24, 2.45) is 10.8 Å². The molecule has 0 saturated heterocycles. The second-order valence-corrected chi connectivity index (χ2v) is 6.32. The van der Waals surface area contributed by atoms with Crippen LogP contribution in [0.4, 0.5) is 0 Å². The topological polar surface area (TPSA) is 68.9 Å². The summed E-state index contributed by atoms with van der Waals surface area (Å²) in [7, 11) is 0. The van der Waals surface area contributed by atoms with E-state index in [1.807, 2.05) is 19.1 Å². The molecule has 1 aliphatic carbocycles. The van der Waals surface area contributed by atoms with Crippen LogP contribution < -0.4 is 20.6 Å². The standard InChI is InChI=1S/C15H20BrN3O2S/c1-2-20-13-8-10(9-18-19-15(17)22)7-12(16)14(13)21-11-5-3-4-6-11/h7-9,11H,2-6H2,1H3,(H3,17,19,22). The molecule has 120 valence electrons. The summed E-state index contributed by atoms with van der Waals surface area (Å²) in [5.41, 5.74) is 8.72. The molecule has 1 fully saturated rings. The fourth-order valence-electron chi connectivity index (χ4n) is 2.38. The Bertz CT molecular complexity index is 560. The Hall–Kier alpha value is -1.34. The molecule has 0 aliphatic heterocycles. The number of thiocarbonyl (C=S) groups is 1. The van der Waals surface area contributed by atoms with E-state index in [1.54, 1.807) is 6.21 Å². The number of benzene rings is 1. The van der Waals surface area contributed by atoms with Gasteiger partial charge in [-0.3, -0.25) is 5.43 Å². The number of rotatable bonds is 6. The van der Waals surface area contributed by atoms with Gasteiger partial charge >= 0.3 is 0 Å². The smallest absolute Gasteiger partial charge is 0.184 e. The zero-order valence-corrected chi connectivity index (χ0v) is 14.9. The molecule has 7 heteroatoms. The second kappa shape index (κ2) is 8.33. The van der Waals surface area contributed by atoms with Crippen LogP contribution in [0.5, 0.6) is 11.5 Å². The number of hydrazone groups is 1. The van der Waals surface area contributed by atoms with Crippen LogP contribution in [-0.4, -0.2) is 24.0 Å². The Morgan fingerprint density at radius 3 is 2.86 bits per heavy atom. The fourth-order valence-corrected chi connectivity index (χ4v) is 2.99. The first-order chi connectivity index (χ1) is 10.6. The quantitative estimate of drug-likeness (QED) is 0.446. The van der Waals surface area contributed by atoms with Crippen LogP contribution in [0.1, 0.15) is 38.2 Å². The van der Waals surface area contributed by atoms with E-state index in [2.05, 4.69) is 26.5 Å². The zero-order chi connectivity index (χ0) is 15.9. The van der Waals surface area contributed by atoms with Crippen LogP contribution >= 0.6 is 28.1 Å². The number of hydrogen-bond donors (Lipinski definition) is 2. The van der Waals surface area contributed by atoms with E-state index in [0.29, 0.717) is 12.4 Å². The van der Waals surface area contributed by atoms with Gasteiger partial charge in [0.2, 0.25) is 0 Å². The van der Waals surface area contributed by atoms with E-state index >= 15 is 0 Å². The van der Waals surface area contributed by atoms with Gasteiger partial charge in [0, 0.05) is 0 Å². The van der Waals surface area contributed by atoms with Gasteiger partial charge in [0.05, 0.1) is 23.4 Å². The van der Waals surface area contributed by atoms with Gasteiger partial charge in [-0.25, -0.2) is 0 Å². The van der Waals surface area contributed by atoms with Gasteiger partial charge in [-0.1, -0.05) is 0 Å². The van der Waals surface area contributed by atoms with Crippen molar-refractivity contribution in [1.82, 2.24) is 5.43 Å². The third kappa shape index (κ3) is 4.84. The van der Waals surface area contributed by atoms with Crippen molar-refractivity contribution < 1.29 is 9.47 Å². The number of nitrogens with one attached hydrogen (secondary N) is 1. The summed E-state index contributed by atoms with van der Waals surface area (Å²) in [6.45, 7) is 2.52. The number of nitrogens with zero attached hydrogens (tertiary/aromatic N) is 1. The Morgan fingerprint density at radius 1 is 1.50 bits per heavy atom. The third-order valence-electron chi connectivity index (χ3n) is 3.31. The first-order valence-corrected chi connectivity index (χ1v) is 8.51. The van der Waals surface area contributed by atoms with Crippen molar-refractivity contribution in [1.29, 1.82) is 0 Å². The monoisotopic (exact) mass is 385 g/mol. The summed E-state index contributed by atoms with van der Waals surface area (Å²) in [6, 6.07) is 3.82. The third-order valence-corrected chi connectivity index (χ3v) is 3.99. The number of hydrogen-bond acceptors (Lipinski definition) is 4. The van der Waals surface area contributed by atoms with Crippen LogP contribution in [-0.2, 0) is 0 Å². The van der Waals surface area contributed by atoms with Crippen LogP contribution in [0.3, 0.4) is 0 Å². The molecule has 22 heavy (non-hydrogen) atoms.